The Labute approximate surface area is 167 Å². The number of hydrogen-bond acceptors (Lipinski definition) is 5. The molecule has 6 heteroatoms. The van der Waals surface area contributed by atoms with Gasteiger partial charge in [0, 0.05) is 11.8 Å². The summed E-state index contributed by atoms with van der Waals surface area (Å²) in [6, 6.07) is 0. The molecule has 0 heterocycles. The lowest BCUT2D eigenvalue weighted by Gasteiger charge is -2.60. The predicted octanol–water partition coefficient (Wildman–Crippen LogP) is 2.17. The van der Waals surface area contributed by atoms with E-state index in [1.54, 1.807) is 0 Å². The lowest BCUT2D eigenvalue weighted by Crippen LogP contribution is -2.62. The van der Waals surface area contributed by atoms with Gasteiger partial charge in [0.2, 0.25) is 0 Å². The van der Waals surface area contributed by atoms with Crippen molar-refractivity contribution in [2.75, 3.05) is 6.54 Å². The van der Waals surface area contributed by atoms with Crippen LogP contribution >= 0.6 is 12.4 Å². The molecule has 4 aliphatic rings. The second kappa shape index (κ2) is 6.65. The zero-order valence-corrected chi connectivity index (χ0v) is 17.1. The van der Waals surface area contributed by atoms with Crippen LogP contribution in [0.5, 0.6) is 0 Å². The molecule has 0 amide bonds. The van der Waals surface area contributed by atoms with E-state index >= 15 is 0 Å². The maximum atomic E-state index is 12.5. The van der Waals surface area contributed by atoms with Crippen LogP contribution in [0.3, 0.4) is 0 Å². The smallest absolute Gasteiger partial charge is 0.178 e. The molecule has 0 aromatic carbocycles. The first-order chi connectivity index (χ1) is 12.2. The van der Waals surface area contributed by atoms with Crippen LogP contribution in [0, 0.1) is 28.6 Å². The number of fused-ring (bicyclic) bond motifs is 5. The standard InChI is InChI=1S/C21H31NO4.ClH/c1-19-7-5-13(23)9-12(19)3-4-14-15-6-8-21(26,17(25)11-22)20(15,2)10-16(24)18(14)19;/h9,14-16,18,24,26H,3-8,10-11,22H2,1-2H3;1H/t14-,15-,16-,18+,19-,20-,21-;/m0./s1. The van der Waals surface area contributed by atoms with Gasteiger partial charge in [0.1, 0.15) is 5.60 Å². The Morgan fingerprint density at radius 2 is 1.96 bits per heavy atom. The van der Waals surface area contributed by atoms with Crippen molar-refractivity contribution in [3.05, 3.63) is 11.6 Å². The number of carbonyl (C=O) groups is 2. The second-order valence-corrected chi connectivity index (χ2v) is 9.60. The highest BCUT2D eigenvalue weighted by Crippen LogP contribution is 2.67. The van der Waals surface area contributed by atoms with Gasteiger partial charge < -0.3 is 15.9 Å². The minimum absolute atomic E-state index is 0. The minimum atomic E-state index is -1.42. The highest BCUT2D eigenvalue weighted by molar-refractivity contribution is 5.92. The molecule has 0 aliphatic heterocycles. The van der Waals surface area contributed by atoms with Crippen molar-refractivity contribution in [3.8, 4) is 0 Å². The van der Waals surface area contributed by atoms with Gasteiger partial charge in [-0.15, -0.1) is 12.4 Å². The van der Waals surface area contributed by atoms with E-state index in [0.717, 1.165) is 25.7 Å². The summed E-state index contributed by atoms with van der Waals surface area (Å²) in [5.74, 6) is 0.504. The van der Waals surface area contributed by atoms with Crippen molar-refractivity contribution in [2.45, 2.75) is 70.5 Å². The van der Waals surface area contributed by atoms with Crippen LogP contribution in [0.25, 0.3) is 0 Å². The molecule has 27 heavy (non-hydrogen) atoms. The topological polar surface area (TPSA) is 101 Å². The molecule has 4 aliphatic carbocycles. The molecule has 0 radical (unpaired) electrons. The van der Waals surface area contributed by atoms with Gasteiger partial charge in [0.15, 0.2) is 11.6 Å². The van der Waals surface area contributed by atoms with E-state index in [4.69, 9.17) is 5.73 Å². The number of allylic oxidation sites excluding steroid dienone is 1. The number of hydrogen-bond donors (Lipinski definition) is 3. The van der Waals surface area contributed by atoms with Crippen molar-refractivity contribution in [1.29, 1.82) is 0 Å². The van der Waals surface area contributed by atoms with Gasteiger partial charge in [0.05, 0.1) is 12.6 Å². The lowest BCUT2D eigenvalue weighted by atomic mass is 9.45. The van der Waals surface area contributed by atoms with E-state index in [-0.39, 0.29) is 53.7 Å². The van der Waals surface area contributed by atoms with Gasteiger partial charge in [-0.05, 0) is 67.8 Å². The van der Waals surface area contributed by atoms with Gasteiger partial charge in [-0.1, -0.05) is 19.4 Å². The monoisotopic (exact) mass is 397 g/mol. The normalized spacial score (nSPS) is 48.6. The summed E-state index contributed by atoms with van der Waals surface area (Å²) < 4.78 is 0. The van der Waals surface area contributed by atoms with Crippen LogP contribution in [0.2, 0.25) is 0 Å². The molecule has 0 saturated heterocycles. The third-order valence-electron chi connectivity index (χ3n) is 8.70. The van der Waals surface area contributed by atoms with Crippen LogP contribution in [-0.4, -0.2) is 40.0 Å². The van der Waals surface area contributed by atoms with Crippen molar-refractivity contribution >= 4 is 24.0 Å². The molecule has 4 N–H and O–H groups in total. The van der Waals surface area contributed by atoms with Crippen LogP contribution in [0.1, 0.15) is 58.8 Å². The number of ketones is 2. The Hall–Kier alpha value is -0.750. The number of halogens is 1. The zero-order chi connectivity index (χ0) is 18.9. The Balaban J connectivity index is 0.00000210. The van der Waals surface area contributed by atoms with Crippen LogP contribution in [-0.2, 0) is 9.59 Å². The van der Waals surface area contributed by atoms with Gasteiger partial charge in [-0.3, -0.25) is 9.59 Å². The SMILES string of the molecule is C[C@]12CCC(=O)C=C1CC[C@@H]1[C@@H]2[C@@H](O)C[C@@]2(C)[C@H]1CC[C@]2(O)C(=O)CN.Cl. The predicted molar refractivity (Wildman–Crippen MR) is 104 cm³/mol. The second-order valence-electron chi connectivity index (χ2n) is 9.60. The number of aliphatic hydroxyl groups excluding tert-OH is 1. The van der Waals surface area contributed by atoms with Gasteiger partial charge >= 0.3 is 0 Å². The number of nitrogens with two attached hydrogens (primary N) is 1. The van der Waals surface area contributed by atoms with E-state index in [2.05, 4.69) is 6.92 Å². The fourth-order valence-electron chi connectivity index (χ4n) is 7.32. The third-order valence-corrected chi connectivity index (χ3v) is 8.70. The van der Waals surface area contributed by atoms with Crippen molar-refractivity contribution in [2.24, 2.45) is 34.3 Å². The molecule has 0 aromatic heterocycles. The summed E-state index contributed by atoms with van der Waals surface area (Å²) in [6.07, 6.45) is 6.08. The summed E-state index contributed by atoms with van der Waals surface area (Å²) in [7, 11) is 0. The molecule has 152 valence electrons. The molecule has 3 fully saturated rings. The van der Waals surface area contributed by atoms with Crippen LogP contribution in [0.4, 0.5) is 0 Å². The lowest BCUT2D eigenvalue weighted by molar-refractivity contribution is -0.179. The van der Waals surface area contributed by atoms with Gasteiger partial charge in [0.25, 0.3) is 0 Å². The molecule has 4 rings (SSSR count). The molecular formula is C21H32ClNO4. The van der Waals surface area contributed by atoms with Crippen molar-refractivity contribution < 1.29 is 19.8 Å². The number of Topliss-reactive ketones (excluding diaryl/α,β-unsaturated/α-hetero) is 1. The van der Waals surface area contributed by atoms with E-state index in [0.29, 0.717) is 19.3 Å². The van der Waals surface area contributed by atoms with Crippen LogP contribution < -0.4 is 5.73 Å². The molecular weight excluding hydrogens is 366 g/mol. The first-order valence-electron chi connectivity index (χ1n) is 10.0. The Bertz CT molecular complexity index is 694. The maximum Gasteiger partial charge on any atom is 0.178 e. The summed E-state index contributed by atoms with van der Waals surface area (Å²) in [6.45, 7) is 4.03. The zero-order valence-electron chi connectivity index (χ0n) is 16.2. The highest BCUT2D eigenvalue weighted by Gasteiger charge is 2.68. The Morgan fingerprint density at radius 3 is 2.63 bits per heavy atom. The van der Waals surface area contributed by atoms with Crippen molar-refractivity contribution in [1.82, 2.24) is 0 Å². The quantitative estimate of drug-likeness (QED) is 0.663. The van der Waals surface area contributed by atoms with Crippen LogP contribution in [0.15, 0.2) is 11.6 Å². The molecule has 7 atom stereocenters. The minimum Gasteiger partial charge on any atom is -0.393 e. The largest absolute Gasteiger partial charge is 0.393 e. The number of aliphatic hydroxyl groups is 2. The molecule has 3 saturated carbocycles. The summed E-state index contributed by atoms with van der Waals surface area (Å²) in [5, 5.41) is 22.5. The average molecular weight is 398 g/mol. The van der Waals surface area contributed by atoms with Gasteiger partial charge in [-0.2, -0.15) is 0 Å². The maximum absolute atomic E-state index is 12.5. The molecule has 5 nitrogen and oxygen atoms in total. The van der Waals surface area contributed by atoms with Gasteiger partial charge in [-0.25, -0.2) is 0 Å². The summed E-state index contributed by atoms with van der Waals surface area (Å²) in [5.41, 5.74) is 4.61. The first-order valence-corrected chi connectivity index (χ1v) is 10.0. The number of rotatable bonds is 2. The first kappa shape index (κ1) is 21.0. The summed E-state index contributed by atoms with van der Waals surface area (Å²) >= 11 is 0. The highest BCUT2D eigenvalue weighted by atomic mass is 35.5. The average Bonchev–Trinajstić information content (AvgIpc) is 2.86. The molecule has 0 aromatic rings. The third kappa shape index (κ3) is 2.61. The van der Waals surface area contributed by atoms with Crippen molar-refractivity contribution in [3.63, 3.8) is 0 Å². The molecule has 0 spiro atoms. The fraction of sp³-hybridized carbons (Fsp3) is 0.810. The number of carbonyl (C=O) groups excluding carboxylic acids is 2. The van der Waals surface area contributed by atoms with E-state index < -0.39 is 17.1 Å². The summed E-state index contributed by atoms with van der Waals surface area (Å²) in [4.78, 5) is 24.4. The Kier molecular flexibility index (Phi) is 5.17. The Morgan fingerprint density at radius 1 is 1.26 bits per heavy atom. The fourth-order valence-corrected chi connectivity index (χ4v) is 7.32. The molecule has 0 unspecified atom stereocenters. The van der Waals surface area contributed by atoms with E-state index in [1.165, 1.54) is 5.57 Å². The molecule has 0 bridgehead atoms. The van der Waals surface area contributed by atoms with E-state index in [9.17, 15) is 19.8 Å². The van der Waals surface area contributed by atoms with E-state index in [1.807, 2.05) is 13.0 Å².